The molecular formula is C10H6F5N3O. The summed E-state index contributed by atoms with van der Waals surface area (Å²) in [7, 11) is 0. The summed E-state index contributed by atoms with van der Waals surface area (Å²) in [6, 6.07) is 1.42. The number of rotatable bonds is 2. The van der Waals surface area contributed by atoms with Crippen LogP contribution in [0.25, 0.3) is 0 Å². The second-order valence-corrected chi connectivity index (χ2v) is 3.61. The largest absolute Gasteiger partial charge is 0.471 e. The molecule has 1 aromatic heterocycles. The van der Waals surface area contributed by atoms with Crippen molar-refractivity contribution in [3.63, 3.8) is 0 Å². The third-order valence-corrected chi connectivity index (χ3v) is 2.27. The number of hydrogen-bond donors (Lipinski definition) is 1. The molecule has 0 amide bonds. The van der Waals surface area contributed by atoms with Gasteiger partial charge in [-0.15, -0.1) is 0 Å². The Balaban J connectivity index is 2.31. The summed E-state index contributed by atoms with van der Waals surface area (Å²) < 4.78 is 66.4. The van der Waals surface area contributed by atoms with Gasteiger partial charge in [0.25, 0.3) is 0 Å². The predicted octanol–water partition coefficient (Wildman–Crippen LogP) is 2.41. The van der Waals surface area contributed by atoms with Crippen molar-refractivity contribution in [2.75, 3.05) is 0 Å². The van der Waals surface area contributed by atoms with E-state index >= 15 is 0 Å². The molecule has 0 radical (unpaired) electrons. The van der Waals surface area contributed by atoms with Crippen molar-refractivity contribution in [2.45, 2.75) is 12.2 Å². The SMILES string of the molecule is NC(c1ccc(F)c(F)c1)c1noc(C(F)(F)F)n1. The summed E-state index contributed by atoms with van der Waals surface area (Å²) in [6.07, 6.45) is -4.79. The average Bonchev–Trinajstić information content (AvgIpc) is 2.81. The molecule has 102 valence electrons. The minimum absolute atomic E-state index is 0.0217. The molecule has 0 saturated heterocycles. The van der Waals surface area contributed by atoms with E-state index < -0.39 is 35.6 Å². The van der Waals surface area contributed by atoms with E-state index in [1.54, 1.807) is 0 Å². The summed E-state index contributed by atoms with van der Waals surface area (Å²) >= 11 is 0. The van der Waals surface area contributed by atoms with Crippen LogP contribution in [0.1, 0.15) is 23.3 Å². The van der Waals surface area contributed by atoms with Crippen molar-refractivity contribution >= 4 is 0 Å². The minimum Gasteiger partial charge on any atom is -0.329 e. The molecule has 0 aliphatic carbocycles. The lowest BCUT2D eigenvalue weighted by molar-refractivity contribution is -0.159. The highest BCUT2D eigenvalue weighted by molar-refractivity contribution is 5.25. The van der Waals surface area contributed by atoms with Crippen LogP contribution in [0.2, 0.25) is 0 Å². The van der Waals surface area contributed by atoms with E-state index in [9.17, 15) is 22.0 Å². The van der Waals surface area contributed by atoms with Gasteiger partial charge in [0.1, 0.15) is 0 Å². The van der Waals surface area contributed by atoms with Gasteiger partial charge in [-0.25, -0.2) is 8.78 Å². The maximum atomic E-state index is 13.0. The van der Waals surface area contributed by atoms with Gasteiger partial charge in [0, 0.05) is 0 Å². The highest BCUT2D eigenvalue weighted by Gasteiger charge is 2.39. The van der Waals surface area contributed by atoms with E-state index in [0.29, 0.717) is 0 Å². The van der Waals surface area contributed by atoms with E-state index in [2.05, 4.69) is 14.7 Å². The summed E-state index contributed by atoms with van der Waals surface area (Å²) in [5.74, 6) is -4.30. The Morgan fingerprint density at radius 3 is 2.37 bits per heavy atom. The van der Waals surface area contributed by atoms with Crippen molar-refractivity contribution in [3.8, 4) is 0 Å². The fraction of sp³-hybridized carbons (Fsp3) is 0.200. The highest BCUT2D eigenvalue weighted by Crippen LogP contribution is 2.29. The van der Waals surface area contributed by atoms with Gasteiger partial charge in [0.05, 0.1) is 6.04 Å². The first-order valence-electron chi connectivity index (χ1n) is 4.90. The van der Waals surface area contributed by atoms with Crippen LogP contribution in [0, 0.1) is 11.6 Å². The molecule has 1 heterocycles. The number of nitrogens with two attached hydrogens (primary N) is 1. The molecule has 1 unspecified atom stereocenters. The maximum absolute atomic E-state index is 13.0. The lowest BCUT2D eigenvalue weighted by atomic mass is 10.1. The molecular weight excluding hydrogens is 273 g/mol. The van der Waals surface area contributed by atoms with E-state index in [1.807, 2.05) is 0 Å². The first-order valence-corrected chi connectivity index (χ1v) is 4.90. The van der Waals surface area contributed by atoms with Crippen LogP contribution >= 0.6 is 0 Å². The molecule has 0 aliphatic rings. The van der Waals surface area contributed by atoms with Crippen LogP contribution in [0.5, 0.6) is 0 Å². The molecule has 2 rings (SSSR count). The molecule has 9 heteroatoms. The van der Waals surface area contributed by atoms with Crippen molar-refractivity contribution in [1.29, 1.82) is 0 Å². The predicted molar refractivity (Wildman–Crippen MR) is 51.7 cm³/mol. The van der Waals surface area contributed by atoms with Crippen molar-refractivity contribution in [2.24, 2.45) is 5.73 Å². The fourth-order valence-corrected chi connectivity index (χ4v) is 1.33. The summed E-state index contributed by atoms with van der Waals surface area (Å²) in [5, 5.41) is 3.06. The van der Waals surface area contributed by atoms with E-state index in [0.717, 1.165) is 18.2 Å². The number of alkyl halides is 3. The average molecular weight is 279 g/mol. The van der Waals surface area contributed by atoms with Crippen LogP contribution in [-0.4, -0.2) is 10.1 Å². The normalized spacial score (nSPS) is 13.6. The first-order chi connectivity index (χ1) is 8.79. The van der Waals surface area contributed by atoms with Gasteiger partial charge in [-0.3, -0.25) is 0 Å². The Morgan fingerprint density at radius 1 is 1.16 bits per heavy atom. The quantitative estimate of drug-likeness (QED) is 0.857. The van der Waals surface area contributed by atoms with Crippen molar-refractivity contribution in [1.82, 2.24) is 10.1 Å². The zero-order valence-electron chi connectivity index (χ0n) is 9.08. The van der Waals surface area contributed by atoms with Crippen LogP contribution < -0.4 is 5.73 Å². The van der Waals surface area contributed by atoms with Crippen LogP contribution in [0.4, 0.5) is 22.0 Å². The van der Waals surface area contributed by atoms with Gasteiger partial charge in [0.15, 0.2) is 17.5 Å². The molecule has 2 N–H and O–H groups in total. The third kappa shape index (κ3) is 2.70. The molecule has 19 heavy (non-hydrogen) atoms. The topological polar surface area (TPSA) is 64.9 Å². The maximum Gasteiger partial charge on any atom is 0.471 e. The Hall–Kier alpha value is -2.03. The number of nitrogens with zero attached hydrogens (tertiary/aromatic N) is 2. The number of aromatic nitrogens is 2. The Bertz CT molecular complexity index is 595. The lowest BCUT2D eigenvalue weighted by Gasteiger charge is -2.07. The van der Waals surface area contributed by atoms with Gasteiger partial charge in [0.2, 0.25) is 0 Å². The Morgan fingerprint density at radius 2 is 1.84 bits per heavy atom. The Labute approximate surface area is 103 Å². The lowest BCUT2D eigenvalue weighted by Crippen LogP contribution is -2.15. The summed E-state index contributed by atoms with van der Waals surface area (Å²) in [5.41, 5.74) is 5.57. The van der Waals surface area contributed by atoms with Crippen LogP contribution in [0.15, 0.2) is 22.7 Å². The minimum atomic E-state index is -4.79. The molecule has 2 aromatic rings. The monoisotopic (exact) mass is 279 g/mol. The first kappa shape index (κ1) is 13.4. The fourth-order valence-electron chi connectivity index (χ4n) is 1.33. The number of benzene rings is 1. The zero-order valence-corrected chi connectivity index (χ0v) is 9.08. The molecule has 4 nitrogen and oxygen atoms in total. The van der Waals surface area contributed by atoms with Crippen LogP contribution in [-0.2, 0) is 6.18 Å². The number of halogens is 5. The molecule has 0 spiro atoms. The van der Waals surface area contributed by atoms with Crippen molar-refractivity contribution in [3.05, 3.63) is 47.1 Å². The molecule has 1 aromatic carbocycles. The van der Waals surface area contributed by atoms with Gasteiger partial charge >= 0.3 is 12.1 Å². The van der Waals surface area contributed by atoms with E-state index in [4.69, 9.17) is 5.73 Å². The van der Waals surface area contributed by atoms with Crippen molar-refractivity contribution < 1.29 is 26.5 Å². The standard InChI is InChI=1S/C10H6F5N3O/c11-5-2-1-4(3-6(5)12)7(16)8-17-9(19-18-8)10(13,14)15/h1-3,7H,16H2. The molecule has 0 saturated carbocycles. The molecule has 0 bridgehead atoms. The van der Waals surface area contributed by atoms with Gasteiger partial charge in [-0.2, -0.15) is 18.2 Å². The van der Waals surface area contributed by atoms with Gasteiger partial charge in [-0.05, 0) is 17.7 Å². The number of hydrogen-bond acceptors (Lipinski definition) is 4. The highest BCUT2D eigenvalue weighted by atomic mass is 19.4. The smallest absolute Gasteiger partial charge is 0.329 e. The second-order valence-electron chi connectivity index (χ2n) is 3.61. The molecule has 0 aliphatic heterocycles. The third-order valence-electron chi connectivity index (χ3n) is 2.27. The van der Waals surface area contributed by atoms with E-state index in [1.165, 1.54) is 0 Å². The molecule has 0 fully saturated rings. The van der Waals surface area contributed by atoms with E-state index in [-0.39, 0.29) is 5.56 Å². The van der Waals surface area contributed by atoms with Gasteiger partial charge in [-0.1, -0.05) is 11.2 Å². The Kier molecular flexibility index (Phi) is 3.23. The van der Waals surface area contributed by atoms with Gasteiger partial charge < -0.3 is 10.3 Å². The summed E-state index contributed by atoms with van der Waals surface area (Å²) in [4.78, 5) is 3.07. The van der Waals surface area contributed by atoms with Crippen LogP contribution in [0.3, 0.4) is 0 Å². The zero-order chi connectivity index (χ0) is 14.2. The second kappa shape index (κ2) is 4.57. The summed E-state index contributed by atoms with van der Waals surface area (Å²) in [6.45, 7) is 0. The molecule has 1 atom stereocenters.